The fraction of sp³-hybridized carbons (Fsp3) is 0.312. The quantitative estimate of drug-likeness (QED) is 0.837. The molecular weight excluding hydrogens is 330 g/mol. The van der Waals surface area contributed by atoms with Gasteiger partial charge in [0.2, 0.25) is 0 Å². The van der Waals surface area contributed by atoms with Gasteiger partial charge in [0.05, 0.1) is 5.69 Å². The minimum Gasteiger partial charge on any atom is -0.306 e. The van der Waals surface area contributed by atoms with E-state index in [0.717, 1.165) is 36.0 Å². The van der Waals surface area contributed by atoms with Gasteiger partial charge in [-0.15, -0.1) is 0 Å². The Morgan fingerprint density at radius 3 is 3.00 bits per heavy atom. The maximum Gasteiger partial charge on any atom is 0.277 e. The standard InChI is InChI=1S/C16H16BrN3O/c1-2-11-8-13(17)9-12-4-3-7-20(15(11)12)16(21)14-5-6-18-10-19-14/h5-6,8-10H,2-4,7H2,1H3. The zero-order valence-corrected chi connectivity index (χ0v) is 13.4. The van der Waals surface area contributed by atoms with Crippen molar-refractivity contribution in [1.29, 1.82) is 0 Å². The summed E-state index contributed by atoms with van der Waals surface area (Å²) >= 11 is 3.56. The molecule has 0 atom stereocenters. The number of amides is 1. The lowest BCUT2D eigenvalue weighted by molar-refractivity contribution is 0.0980. The van der Waals surface area contributed by atoms with Crippen LogP contribution in [0.5, 0.6) is 0 Å². The van der Waals surface area contributed by atoms with Gasteiger partial charge in [-0.2, -0.15) is 0 Å². The number of hydrogen-bond acceptors (Lipinski definition) is 3. The average Bonchev–Trinajstić information content (AvgIpc) is 2.53. The van der Waals surface area contributed by atoms with Crippen molar-refractivity contribution in [2.75, 3.05) is 11.4 Å². The van der Waals surface area contributed by atoms with E-state index >= 15 is 0 Å². The SMILES string of the molecule is CCc1cc(Br)cc2c1N(C(=O)c1ccncn1)CCC2. The van der Waals surface area contributed by atoms with Crippen molar-refractivity contribution in [2.24, 2.45) is 0 Å². The first-order valence-corrected chi connectivity index (χ1v) is 7.89. The van der Waals surface area contributed by atoms with E-state index in [-0.39, 0.29) is 5.91 Å². The van der Waals surface area contributed by atoms with Crippen molar-refractivity contribution in [2.45, 2.75) is 26.2 Å². The lowest BCUT2D eigenvalue weighted by Gasteiger charge is -2.31. The predicted molar refractivity (Wildman–Crippen MR) is 85.5 cm³/mol. The van der Waals surface area contributed by atoms with Crippen molar-refractivity contribution in [1.82, 2.24) is 9.97 Å². The molecule has 0 saturated heterocycles. The number of fused-ring (bicyclic) bond motifs is 1. The molecule has 1 aliphatic rings. The molecule has 0 spiro atoms. The minimum absolute atomic E-state index is 0.0460. The molecule has 1 aromatic carbocycles. The van der Waals surface area contributed by atoms with Crippen LogP contribution in [0.1, 0.15) is 35.0 Å². The zero-order valence-electron chi connectivity index (χ0n) is 11.8. The summed E-state index contributed by atoms with van der Waals surface area (Å²) < 4.78 is 1.08. The van der Waals surface area contributed by atoms with Crippen LogP contribution < -0.4 is 4.90 Å². The van der Waals surface area contributed by atoms with Gasteiger partial charge < -0.3 is 4.90 Å². The van der Waals surface area contributed by atoms with E-state index < -0.39 is 0 Å². The number of hydrogen-bond donors (Lipinski definition) is 0. The first-order chi connectivity index (χ1) is 10.2. The number of halogens is 1. The first-order valence-electron chi connectivity index (χ1n) is 7.10. The van der Waals surface area contributed by atoms with E-state index in [0.29, 0.717) is 5.69 Å². The minimum atomic E-state index is -0.0460. The van der Waals surface area contributed by atoms with E-state index in [1.165, 1.54) is 17.5 Å². The molecule has 21 heavy (non-hydrogen) atoms. The fourth-order valence-electron chi connectivity index (χ4n) is 2.82. The highest BCUT2D eigenvalue weighted by molar-refractivity contribution is 9.10. The normalized spacial score (nSPS) is 13.9. The number of nitrogens with zero attached hydrogens (tertiary/aromatic N) is 3. The van der Waals surface area contributed by atoms with Crippen molar-refractivity contribution >= 4 is 27.5 Å². The molecule has 1 amide bonds. The van der Waals surface area contributed by atoms with Gasteiger partial charge in [-0.3, -0.25) is 4.79 Å². The number of rotatable bonds is 2. The second-order valence-electron chi connectivity index (χ2n) is 5.08. The smallest absolute Gasteiger partial charge is 0.277 e. The Bertz CT molecular complexity index is 655. The Morgan fingerprint density at radius 2 is 2.29 bits per heavy atom. The van der Waals surface area contributed by atoms with E-state index in [4.69, 9.17) is 0 Å². The second kappa shape index (κ2) is 5.93. The number of aromatic nitrogens is 2. The molecule has 0 N–H and O–H groups in total. The van der Waals surface area contributed by atoms with Gasteiger partial charge in [0, 0.05) is 17.2 Å². The highest BCUT2D eigenvalue weighted by Gasteiger charge is 2.26. The van der Waals surface area contributed by atoms with E-state index in [2.05, 4.69) is 45.0 Å². The molecule has 0 fully saturated rings. The summed E-state index contributed by atoms with van der Waals surface area (Å²) in [6.07, 6.45) is 5.90. The molecule has 0 aliphatic carbocycles. The monoisotopic (exact) mass is 345 g/mol. The lowest BCUT2D eigenvalue weighted by atomic mass is 9.96. The second-order valence-corrected chi connectivity index (χ2v) is 6.00. The van der Waals surface area contributed by atoms with Crippen LogP contribution >= 0.6 is 15.9 Å². The first kappa shape index (κ1) is 14.2. The third-order valence-electron chi connectivity index (χ3n) is 3.76. The van der Waals surface area contributed by atoms with E-state index in [1.54, 1.807) is 12.3 Å². The summed E-state index contributed by atoms with van der Waals surface area (Å²) in [4.78, 5) is 22.6. The molecule has 3 rings (SSSR count). The van der Waals surface area contributed by atoms with Crippen LogP contribution in [0, 0.1) is 0 Å². The molecule has 5 heteroatoms. The molecule has 0 radical (unpaired) electrons. The molecule has 0 bridgehead atoms. The molecule has 1 aliphatic heterocycles. The van der Waals surface area contributed by atoms with E-state index in [9.17, 15) is 4.79 Å². The maximum atomic E-state index is 12.7. The van der Waals surface area contributed by atoms with Crippen molar-refractivity contribution < 1.29 is 4.79 Å². The molecular formula is C16H16BrN3O. The summed E-state index contributed by atoms with van der Waals surface area (Å²) in [5, 5.41) is 0. The fourth-order valence-corrected chi connectivity index (χ4v) is 3.37. The van der Waals surface area contributed by atoms with Crippen molar-refractivity contribution in [3.05, 3.63) is 52.0 Å². The van der Waals surface area contributed by atoms with Crippen LogP contribution in [0.15, 0.2) is 35.2 Å². The third kappa shape index (κ3) is 2.70. The number of carbonyl (C=O) groups is 1. The van der Waals surface area contributed by atoms with Crippen LogP contribution in [-0.4, -0.2) is 22.4 Å². The van der Waals surface area contributed by atoms with Gasteiger partial charge >= 0.3 is 0 Å². The Balaban J connectivity index is 2.06. The van der Waals surface area contributed by atoms with Crippen LogP contribution in [0.4, 0.5) is 5.69 Å². The van der Waals surface area contributed by atoms with Gasteiger partial charge in [-0.05, 0) is 48.6 Å². The predicted octanol–water partition coefficient (Wildman–Crippen LogP) is 3.39. The van der Waals surface area contributed by atoms with Crippen LogP contribution in [0.3, 0.4) is 0 Å². The highest BCUT2D eigenvalue weighted by atomic mass is 79.9. The number of benzene rings is 1. The largest absolute Gasteiger partial charge is 0.306 e. The topological polar surface area (TPSA) is 46.1 Å². The van der Waals surface area contributed by atoms with Crippen LogP contribution in [-0.2, 0) is 12.8 Å². The van der Waals surface area contributed by atoms with Gasteiger partial charge in [-0.25, -0.2) is 9.97 Å². The van der Waals surface area contributed by atoms with Crippen LogP contribution in [0.2, 0.25) is 0 Å². The molecule has 0 unspecified atom stereocenters. The molecule has 4 nitrogen and oxygen atoms in total. The lowest BCUT2D eigenvalue weighted by Crippen LogP contribution is -2.36. The molecule has 1 aromatic heterocycles. The molecule has 2 heterocycles. The number of carbonyl (C=O) groups excluding carboxylic acids is 1. The average molecular weight is 346 g/mol. The Labute approximate surface area is 132 Å². The summed E-state index contributed by atoms with van der Waals surface area (Å²) in [7, 11) is 0. The number of aryl methyl sites for hydroxylation is 2. The molecule has 2 aromatic rings. The van der Waals surface area contributed by atoms with Gasteiger partial charge in [-0.1, -0.05) is 22.9 Å². The Morgan fingerprint density at radius 1 is 1.43 bits per heavy atom. The van der Waals surface area contributed by atoms with Crippen molar-refractivity contribution in [3.8, 4) is 0 Å². The Kier molecular flexibility index (Phi) is 4.01. The van der Waals surface area contributed by atoms with Gasteiger partial charge in [0.25, 0.3) is 5.91 Å². The van der Waals surface area contributed by atoms with Gasteiger partial charge in [0.15, 0.2) is 0 Å². The van der Waals surface area contributed by atoms with Gasteiger partial charge in [0.1, 0.15) is 12.0 Å². The zero-order chi connectivity index (χ0) is 14.8. The summed E-state index contributed by atoms with van der Waals surface area (Å²) in [6.45, 7) is 2.86. The van der Waals surface area contributed by atoms with E-state index in [1.807, 2.05) is 4.90 Å². The molecule has 0 saturated carbocycles. The summed E-state index contributed by atoms with van der Waals surface area (Å²) in [6, 6.07) is 5.89. The van der Waals surface area contributed by atoms with Crippen molar-refractivity contribution in [3.63, 3.8) is 0 Å². The molecule has 108 valence electrons. The third-order valence-corrected chi connectivity index (χ3v) is 4.22. The van der Waals surface area contributed by atoms with Crippen LogP contribution in [0.25, 0.3) is 0 Å². The number of anilines is 1. The summed E-state index contributed by atoms with van der Waals surface area (Å²) in [5.74, 6) is -0.0460. The highest BCUT2D eigenvalue weighted by Crippen LogP contribution is 2.35. The summed E-state index contributed by atoms with van der Waals surface area (Å²) in [5.41, 5.74) is 3.94. The Hall–Kier alpha value is -1.75. The maximum absolute atomic E-state index is 12.7.